The van der Waals surface area contributed by atoms with E-state index in [0.29, 0.717) is 30.4 Å². The van der Waals surface area contributed by atoms with E-state index in [9.17, 15) is 4.79 Å². The molecule has 4 aromatic rings. The molecule has 0 amide bonds. The van der Waals surface area contributed by atoms with Crippen molar-refractivity contribution in [3.63, 3.8) is 0 Å². The lowest BCUT2D eigenvalue weighted by Crippen LogP contribution is -2.43. The van der Waals surface area contributed by atoms with Gasteiger partial charge >= 0.3 is 5.97 Å². The lowest BCUT2D eigenvalue weighted by atomic mass is 10.1. The molecule has 0 fully saturated rings. The van der Waals surface area contributed by atoms with Crippen LogP contribution in [-0.2, 0) is 29.2 Å². The second-order valence-electron chi connectivity index (χ2n) is 11.0. The second-order valence-corrected chi connectivity index (χ2v) is 12.4. The van der Waals surface area contributed by atoms with Gasteiger partial charge in [0.15, 0.2) is 5.60 Å². The maximum Gasteiger partial charge on any atom is 0.350 e. The molecule has 2 aromatic carbocycles. The van der Waals surface area contributed by atoms with Gasteiger partial charge in [0.05, 0.1) is 17.9 Å². The van der Waals surface area contributed by atoms with Crippen molar-refractivity contribution in [2.24, 2.45) is 0 Å². The summed E-state index contributed by atoms with van der Waals surface area (Å²) >= 11 is 7.70. The van der Waals surface area contributed by atoms with Crippen LogP contribution in [0.1, 0.15) is 56.4 Å². The van der Waals surface area contributed by atoms with E-state index in [2.05, 4.69) is 16.1 Å². The Morgan fingerprint density at radius 1 is 1.00 bits per heavy atom. The summed E-state index contributed by atoms with van der Waals surface area (Å²) in [5, 5.41) is 8.47. The predicted octanol–water partition coefficient (Wildman–Crippen LogP) is 6.99. The van der Waals surface area contributed by atoms with Crippen LogP contribution in [0.4, 0.5) is 0 Å². The van der Waals surface area contributed by atoms with Crippen molar-refractivity contribution in [2.45, 2.75) is 72.4 Å². The highest BCUT2D eigenvalue weighted by Gasteiger charge is 2.34. The van der Waals surface area contributed by atoms with E-state index in [0.717, 1.165) is 27.5 Å². The topological polar surface area (TPSA) is 69.5 Å². The van der Waals surface area contributed by atoms with Gasteiger partial charge in [0, 0.05) is 41.4 Å². The SMILES string of the molecule is Cc1nn(-c2ccc(Cl)cc2)cc1CN(Cc1ccc(OC(C)(C)C(=O)OC(C)(C)C)cc1)Cc1nccs1. The third-order valence-corrected chi connectivity index (χ3v) is 6.94. The Kier molecular flexibility index (Phi) is 8.79. The number of benzene rings is 2. The minimum absolute atomic E-state index is 0.400. The molecule has 2 aromatic heterocycles. The third kappa shape index (κ3) is 8.14. The fraction of sp³-hybridized carbons (Fsp3) is 0.367. The number of carbonyl (C=O) groups excluding carboxylic acids is 1. The van der Waals surface area contributed by atoms with Gasteiger partial charge in [0.1, 0.15) is 16.4 Å². The zero-order valence-electron chi connectivity index (χ0n) is 23.3. The minimum Gasteiger partial charge on any atom is -0.476 e. The molecule has 9 heteroatoms. The average molecular weight is 567 g/mol. The maximum atomic E-state index is 12.6. The summed E-state index contributed by atoms with van der Waals surface area (Å²) in [5.41, 5.74) is 2.52. The number of ether oxygens (including phenoxy) is 2. The van der Waals surface area contributed by atoms with Gasteiger partial charge in [0.2, 0.25) is 0 Å². The Hall–Kier alpha value is -3.20. The number of esters is 1. The fourth-order valence-electron chi connectivity index (χ4n) is 3.97. The van der Waals surface area contributed by atoms with E-state index in [-0.39, 0.29) is 0 Å². The number of hydrogen-bond acceptors (Lipinski definition) is 7. The molecule has 206 valence electrons. The number of nitrogens with zero attached hydrogens (tertiary/aromatic N) is 4. The van der Waals surface area contributed by atoms with Gasteiger partial charge < -0.3 is 9.47 Å². The predicted molar refractivity (Wildman–Crippen MR) is 155 cm³/mol. The van der Waals surface area contributed by atoms with Crippen LogP contribution in [0, 0.1) is 6.92 Å². The Morgan fingerprint density at radius 2 is 1.69 bits per heavy atom. The van der Waals surface area contributed by atoms with E-state index < -0.39 is 17.2 Å². The van der Waals surface area contributed by atoms with Gasteiger partial charge in [-0.3, -0.25) is 4.90 Å². The first-order valence-corrected chi connectivity index (χ1v) is 14.1. The van der Waals surface area contributed by atoms with Crippen LogP contribution in [0.15, 0.2) is 66.3 Å². The molecule has 0 aliphatic carbocycles. The van der Waals surface area contributed by atoms with Crippen molar-refractivity contribution in [2.75, 3.05) is 0 Å². The van der Waals surface area contributed by atoms with Crippen LogP contribution >= 0.6 is 22.9 Å². The molecule has 0 bridgehead atoms. The zero-order chi connectivity index (χ0) is 28.2. The first-order valence-electron chi connectivity index (χ1n) is 12.8. The Morgan fingerprint density at radius 3 is 2.31 bits per heavy atom. The molecule has 0 N–H and O–H groups in total. The molecule has 0 spiro atoms. The van der Waals surface area contributed by atoms with Crippen LogP contribution in [0.5, 0.6) is 5.75 Å². The van der Waals surface area contributed by atoms with Gasteiger partial charge in [-0.1, -0.05) is 23.7 Å². The number of aryl methyl sites for hydroxylation is 1. The molecule has 2 heterocycles. The smallest absolute Gasteiger partial charge is 0.350 e. The van der Waals surface area contributed by atoms with Gasteiger partial charge in [-0.2, -0.15) is 5.10 Å². The van der Waals surface area contributed by atoms with E-state index in [1.54, 1.807) is 25.2 Å². The molecule has 0 saturated heterocycles. The van der Waals surface area contributed by atoms with Crippen LogP contribution in [0.3, 0.4) is 0 Å². The molecule has 39 heavy (non-hydrogen) atoms. The minimum atomic E-state index is -1.10. The van der Waals surface area contributed by atoms with Crippen LogP contribution in [0.25, 0.3) is 5.69 Å². The Labute approximate surface area is 239 Å². The summed E-state index contributed by atoms with van der Waals surface area (Å²) in [7, 11) is 0. The molecule has 0 radical (unpaired) electrons. The molecule has 0 unspecified atom stereocenters. The van der Waals surface area contributed by atoms with Crippen LogP contribution < -0.4 is 4.74 Å². The van der Waals surface area contributed by atoms with Gasteiger partial charge in [-0.15, -0.1) is 11.3 Å². The lowest BCUT2D eigenvalue weighted by molar-refractivity contribution is -0.170. The molecule has 7 nitrogen and oxygen atoms in total. The van der Waals surface area contributed by atoms with E-state index in [4.69, 9.17) is 26.2 Å². The van der Waals surface area contributed by atoms with E-state index >= 15 is 0 Å². The average Bonchev–Trinajstić information content (AvgIpc) is 3.49. The first-order chi connectivity index (χ1) is 18.4. The molecule has 0 saturated carbocycles. The maximum absolute atomic E-state index is 12.6. The van der Waals surface area contributed by atoms with Crippen molar-refractivity contribution in [1.29, 1.82) is 0 Å². The number of carbonyl (C=O) groups is 1. The molecule has 4 rings (SSSR count). The molecular weight excluding hydrogens is 532 g/mol. The largest absolute Gasteiger partial charge is 0.476 e. The number of aromatic nitrogens is 3. The van der Waals surface area contributed by atoms with Gasteiger partial charge in [-0.25, -0.2) is 14.5 Å². The van der Waals surface area contributed by atoms with Crippen molar-refractivity contribution < 1.29 is 14.3 Å². The number of hydrogen-bond donors (Lipinski definition) is 0. The van der Waals surface area contributed by atoms with E-state index in [1.807, 2.05) is 92.5 Å². The Bertz CT molecular complexity index is 1380. The summed E-state index contributed by atoms with van der Waals surface area (Å²) in [6.45, 7) is 13.1. The second kappa shape index (κ2) is 11.9. The highest BCUT2D eigenvalue weighted by atomic mass is 35.5. The van der Waals surface area contributed by atoms with Crippen molar-refractivity contribution in [3.8, 4) is 11.4 Å². The molecule has 0 aliphatic heterocycles. The monoisotopic (exact) mass is 566 g/mol. The quantitative estimate of drug-likeness (QED) is 0.193. The first kappa shape index (κ1) is 28.8. The van der Waals surface area contributed by atoms with Crippen LogP contribution in [-0.4, -0.2) is 36.8 Å². The summed E-state index contributed by atoms with van der Waals surface area (Å²) in [4.78, 5) is 19.4. The Balaban J connectivity index is 1.47. The van der Waals surface area contributed by atoms with Gasteiger partial charge in [-0.05, 0) is 83.5 Å². The van der Waals surface area contributed by atoms with Gasteiger partial charge in [0.25, 0.3) is 0 Å². The molecule has 0 atom stereocenters. The number of rotatable bonds is 10. The highest BCUT2D eigenvalue weighted by molar-refractivity contribution is 7.09. The third-order valence-electron chi connectivity index (χ3n) is 5.92. The summed E-state index contributed by atoms with van der Waals surface area (Å²) in [6, 6.07) is 15.5. The van der Waals surface area contributed by atoms with Crippen molar-refractivity contribution >= 4 is 28.9 Å². The van der Waals surface area contributed by atoms with Crippen molar-refractivity contribution in [1.82, 2.24) is 19.7 Å². The molecule has 0 aliphatic rings. The zero-order valence-corrected chi connectivity index (χ0v) is 24.8. The van der Waals surface area contributed by atoms with Crippen LogP contribution in [0.2, 0.25) is 5.02 Å². The summed E-state index contributed by atoms with van der Waals surface area (Å²) in [6.07, 6.45) is 3.91. The lowest BCUT2D eigenvalue weighted by Gasteiger charge is -2.29. The number of halogens is 1. The summed E-state index contributed by atoms with van der Waals surface area (Å²) in [5.74, 6) is 0.212. The highest BCUT2D eigenvalue weighted by Crippen LogP contribution is 2.24. The number of thiazole rings is 1. The van der Waals surface area contributed by atoms with Crippen molar-refractivity contribution in [3.05, 3.63) is 93.2 Å². The fourth-order valence-corrected chi connectivity index (χ4v) is 4.75. The summed E-state index contributed by atoms with van der Waals surface area (Å²) < 4.78 is 13.4. The standard InChI is InChI=1S/C30H35ClN4O3S/c1-21-23(19-35(33-21)25-11-9-24(31)10-12-25)18-34(20-27-32-15-16-39-27)17-22-7-13-26(14-8-22)37-30(5,6)28(36)38-29(2,3)4/h7-16,19H,17-18,20H2,1-6H3. The van der Waals surface area contributed by atoms with E-state index in [1.165, 1.54) is 0 Å². The molecular formula is C30H35ClN4O3S. The normalized spacial score (nSPS) is 12.1.